The van der Waals surface area contributed by atoms with E-state index < -0.39 is 0 Å². The van der Waals surface area contributed by atoms with E-state index in [2.05, 4.69) is 60.1 Å². The van der Waals surface area contributed by atoms with Crippen molar-refractivity contribution in [2.24, 2.45) is 0 Å². The van der Waals surface area contributed by atoms with Gasteiger partial charge in [0.05, 0.1) is 31.1 Å². The van der Waals surface area contributed by atoms with E-state index in [1.165, 1.54) is 5.56 Å². The number of carbonyl (C=O) groups is 1. The summed E-state index contributed by atoms with van der Waals surface area (Å²) in [7, 11) is 1.64. The number of para-hydroxylation sites is 3. The molecule has 0 saturated carbocycles. The maximum atomic E-state index is 12.3. The lowest BCUT2D eigenvalue weighted by molar-refractivity contribution is -0.120. The Balaban J connectivity index is 1.24. The number of hydrogen-bond acceptors (Lipinski definition) is 4. The number of ether oxygens (including phenoxy) is 2. The molecule has 4 aromatic rings. The number of aromatic nitrogens is 2. The number of nitrogens with zero attached hydrogens (tertiary/aromatic N) is 2. The van der Waals surface area contributed by atoms with E-state index in [1.807, 2.05) is 36.4 Å². The van der Waals surface area contributed by atoms with Crippen LogP contribution in [0.4, 0.5) is 0 Å². The summed E-state index contributed by atoms with van der Waals surface area (Å²) in [5, 5.41) is 3.04. The summed E-state index contributed by atoms with van der Waals surface area (Å²) < 4.78 is 13.7. The first kappa shape index (κ1) is 27.2. The minimum atomic E-state index is 0.0519. The average molecular weight is 514 g/mol. The lowest BCUT2D eigenvalue weighted by Crippen LogP contribution is -2.26. The van der Waals surface area contributed by atoms with Crippen molar-refractivity contribution in [1.82, 2.24) is 14.9 Å². The lowest BCUT2D eigenvalue weighted by atomic mass is 10.0. The number of methoxy groups -OCH3 is 1. The zero-order chi connectivity index (χ0) is 26.7. The molecule has 1 N–H and O–H groups in total. The maximum absolute atomic E-state index is 12.3. The van der Waals surface area contributed by atoms with Crippen LogP contribution in [-0.4, -0.2) is 35.7 Å². The highest BCUT2D eigenvalue weighted by atomic mass is 16.5. The van der Waals surface area contributed by atoms with E-state index in [4.69, 9.17) is 14.5 Å². The van der Waals surface area contributed by atoms with Gasteiger partial charge in [0.1, 0.15) is 23.9 Å². The van der Waals surface area contributed by atoms with Gasteiger partial charge < -0.3 is 19.4 Å². The number of fused-ring (bicyclic) bond motifs is 1. The fourth-order valence-corrected chi connectivity index (χ4v) is 4.71. The monoisotopic (exact) mass is 513 g/mol. The van der Waals surface area contributed by atoms with Crippen molar-refractivity contribution < 1.29 is 14.3 Å². The van der Waals surface area contributed by atoms with Crippen LogP contribution in [0.15, 0.2) is 72.8 Å². The predicted octanol–water partition coefficient (Wildman–Crippen LogP) is 6.32. The maximum Gasteiger partial charge on any atom is 0.224 e. The zero-order valence-electron chi connectivity index (χ0n) is 22.8. The highest BCUT2D eigenvalue weighted by Gasteiger charge is 2.12. The molecule has 0 aliphatic rings. The lowest BCUT2D eigenvalue weighted by Gasteiger charge is -2.15. The molecule has 0 saturated heterocycles. The molecule has 0 bridgehead atoms. The van der Waals surface area contributed by atoms with Gasteiger partial charge in [-0.05, 0) is 60.2 Å². The van der Waals surface area contributed by atoms with Gasteiger partial charge in [0.2, 0.25) is 5.91 Å². The second kappa shape index (κ2) is 13.7. The minimum absolute atomic E-state index is 0.0519. The van der Waals surface area contributed by atoms with Crippen molar-refractivity contribution in [3.8, 4) is 11.5 Å². The molecule has 0 atom stereocenters. The number of amides is 1. The fourth-order valence-electron chi connectivity index (χ4n) is 4.71. The molecule has 0 spiro atoms. The molecule has 4 rings (SSSR count). The number of aryl methyl sites for hydroxylation is 1. The Morgan fingerprint density at radius 2 is 1.71 bits per heavy atom. The molecule has 3 aromatic carbocycles. The molecule has 1 aromatic heterocycles. The summed E-state index contributed by atoms with van der Waals surface area (Å²) >= 11 is 0. The molecule has 0 radical (unpaired) electrons. The summed E-state index contributed by atoms with van der Waals surface area (Å²) in [4.78, 5) is 17.2. The van der Waals surface area contributed by atoms with Gasteiger partial charge in [-0.2, -0.15) is 0 Å². The third-order valence-corrected chi connectivity index (χ3v) is 6.77. The highest BCUT2D eigenvalue weighted by Crippen LogP contribution is 2.26. The van der Waals surface area contributed by atoms with Crippen LogP contribution in [0.3, 0.4) is 0 Å². The van der Waals surface area contributed by atoms with Crippen molar-refractivity contribution in [2.45, 2.75) is 58.4 Å². The number of unbranched alkanes of at least 4 members (excludes halogenated alkanes) is 2. The second-order valence-electron chi connectivity index (χ2n) is 9.89. The molecular formula is C32H39N3O3. The average Bonchev–Trinajstić information content (AvgIpc) is 3.28. The van der Waals surface area contributed by atoms with Gasteiger partial charge in [0.15, 0.2) is 0 Å². The zero-order valence-corrected chi connectivity index (χ0v) is 22.8. The third kappa shape index (κ3) is 7.37. The van der Waals surface area contributed by atoms with Crippen LogP contribution in [0.5, 0.6) is 11.5 Å². The van der Waals surface area contributed by atoms with Gasteiger partial charge in [-0.15, -0.1) is 0 Å². The molecule has 0 aliphatic heterocycles. The van der Waals surface area contributed by atoms with E-state index in [-0.39, 0.29) is 5.91 Å². The van der Waals surface area contributed by atoms with Crippen LogP contribution in [0.25, 0.3) is 11.0 Å². The largest absolute Gasteiger partial charge is 0.497 e. The van der Waals surface area contributed by atoms with Crippen molar-refractivity contribution in [3.05, 3.63) is 89.7 Å². The number of imidazole rings is 1. The Kier molecular flexibility index (Phi) is 9.79. The summed E-state index contributed by atoms with van der Waals surface area (Å²) in [6, 6.07) is 24.2. The van der Waals surface area contributed by atoms with Crippen LogP contribution in [0.1, 0.15) is 56.0 Å². The first-order valence-corrected chi connectivity index (χ1v) is 13.6. The molecule has 1 amide bonds. The smallest absolute Gasteiger partial charge is 0.224 e. The SMILES string of the molecule is COc1ccc(CC(=O)NCCCCCc2nc3ccccc3n2CCOc2ccccc2C(C)C)cc1. The standard InChI is InChI=1S/C32H39N3O3/c1-24(2)27-11-6-9-14-30(27)38-22-21-35-29-13-8-7-12-28(29)34-31(35)15-5-4-10-20-33-32(36)23-25-16-18-26(37-3)19-17-25/h6-9,11-14,16-19,24H,4-5,10,15,20-23H2,1-3H3,(H,33,36). The molecule has 6 heteroatoms. The van der Waals surface area contributed by atoms with Crippen molar-refractivity contribution in [2.75, 3.05) is 20.3 Å². The number of benzene rings is 3. The first-order chi connectivity index (χ1) is 18.5. The molecule has 0 unspecified atom stereocenters. The number of rotatable bonds is 14. The third-order valence-electron chi connectivity index (χ3n) is 6.77. The van der Waals surface area contributed by atoms with E-state index in [0.717, 1.165) is 66.1 Å². The van der Waals surface area contributed by atoms with Gasteiger partial charge in [0, 0.05) is 13.0 Å². The quantitative estimate of drug-likeness (QED) is 0.200. The van der Waals surface area contributed by atoms with E-state index in [9.17, 15) is 4.79 Å². The Bertz CT molecular complexity index is 1310. The highest BCUT2D eigenvalue weighted by molar-refractivity contribution is 5.78. The van der Waals surface area contributed by atoms with Gasteiger partial charge >= 0.3 is 0 Å². The Morgan fingerprint density at radius 3 is 2.50 bits per heavy atom. The summed E-state index contributed by atoms with van der Waals surface area (Å²) in [6.45, 7) is 6.42. The topological polar surface area (TPSA) is 65.4 Å². The van der Waals surface area contributed by atoms with Gasteiger partial charge in [0.25, 0.3) is 0 Å². The molecule has 200 valence electrons. The minimum Gasteiger partial charge on any atom is -0.497 e. The molecule has 0 aliphatic carbocycles. The van der Waals surface area contributed by atoms with Gasteiger partial charge in [-0.25, -0.2) is 4.98 Å². The van der Waals surface area contributed by atoms with Crippen LogP contribution in [0, 0.1) is 0 Å². The van der Waals surface area contributed by atoms with Crippen molar-refractivity contribution in [1.29, 1.82) is 0 Å². The number of hydrogen-bond donors (Lipinski definition) is 1. The van der Waals surface area contributed by atoms with Crippen LogP contribution < -0.4 is 14.8 Å². The van der Waals surface area contributed by atoms with Crippen LogP contribution >= 0.6 is 0 Å². The van der Waals surface area contributed by atoms with E-state index >= 15 is 0 Å². The predicted molar refractivity (Wildman–Crippen MR) is 153 cm³/mol. The number of nitrogens with one attached hydrogen (secondary N) is 1. The second-order valence-corrected chi connectivity index (χ2v) is 9.89. The molecule has 38 heavy (non-hydrogen) atoms. The Hall–Kier alpha value is -3.80. The van der Waals surface area contributed by atoms with Gasteiger partial charge in [-0.3, -0.25) is 4.79 Å². The van der Waals surface area contributed by atoms with E-state index in [0.29, 0.717) is 25.5 Å². The summed E-state index contributed by atoms with van der Waals surface area (Å²) in [6.07, 6.45) is 4.29. The fraction of sp³-hybridized carbons (Fsp3) is 0.375. The summed E-state index contributed by atoms with van der Waals surface area (Å²) in [5.41, 5.74) is 4.39. The molecular weight excluding hydrogens is 474 g/mol. The Morgan fingerprint density at radius 1 is 0.947 bits per heavy atom. The van der Waals surface area contributed by atoms with Gasteiger partial charge in [-0.1, -0.05) is 62.7 Å². The molecule has 6 nitrogen and oxygen atoms in total. The molecule has 0 fully saturated rings. The number of carbonyl (C=O) groups excluding carboxylic acids is 1. The van der Waals surface area contributed by atoms with Crippen LogP contribution in [-0.2, 0) is 24.2 Å². The summed E-state index contributed by atoms with van der Waals surface area (Å²) in [5.74, 6) is 3.32. The van der Waals surface area contributed by atoms with Crippen LogP contribution in [0.2, 0.25) is 0 Å². The normalized spacial score (nSPS) is 11.2. The molecule has 1 heterocycles. The van der Waals surface area contributed by atoms with E-state index in [1.54, 1.807) is 7.11 Å². The first-order valence-electron chi connectivity index (χ1n) is 13.6. The Labute approximate surface area is 226 Å². The van der Waals surface area contributed by atoms with Crippen molar-refractivity contribution >= 4 is 16.9 Å². The van der Waals surface area contributed by atoms with Crippen molar-refractivity contribution in [3.63, 3.8) is 0 Å².